The van der Waals surface area contributed by atoms with Gasteiger partial charge in [-0.25, -0.2) is 0 Å². The average Bonchev–Trinajstić information content (AvgIpc) is 2.02. The maximum Gasteiger partial charge on any atom is 0.0102 e. The Hall–Kier alpha value is -0.0800. The van der Waals surface area contributed by atoms with E-state index < -0.39 is 0 Å². The first-order valence-electron chi connectivity index (χ1n) is 6.59. The molecule has 0 aliphatic rings. The van der Waals surface area contributed by atoms with E-state index in [1.807, 2.05) is 13.8 Å². The van der Waals surface area contributed by atoms with E-state index in [-0.39, 0.29) is 17.0 Å². The third-order valence-electron chi connectivity index (χ3n) is 2.97. The first-order valence-corrected chi connectivity index (χ1v) is 6.59. The second kappa shape index (κ2) is 7.29. The van der Waals surface area contributed by atoms with Crippen LogP contribution >= 0.6 is 0 Å². The van der Waals surface area contributed by atoms with Crippen molar-refractivity contribution in [2.45, 2.75) is 79.8 Å². The van der Waals surface area contributed by atoms with Crippen LogP contribution in [0.15, 0.2) is 0 Å². The SMILES string of the molecule is CC.CC(N)CC(C)C(C)(C)CC(C)(C)N. The van der Waals surface area contributed by atoms with Gasteiger partial charge >= 0.3 is 0 Å². The zero-order valence-corrected chi connectivity index (χ0v) is 12.7. The molecule has 0 bridgehead atoms. The van der Waals surface area contributed by atoms with Crippen LogP contribution in [0.1, 0.15) is 68.2 Å². The summed E-state index contributed by atoms with van der Waals surface area (Å²) in [6.07, 6.45) is 2.11. The monoisotopic (exact) mass is 230 g/mol. The topological polar surface area (TPSA) is 52.0 Å². The number of hydrogen-bond donors (Lipinski definition) is 2. The van der Waals surface area contributed by atoms with Gasteiger partial charge in [-0.05, 0) is 44.9 Å². The van der Waals surface area contributed by atoms with Gasteiger partial charge in [0.2, 0.25) is 0 Å². The van der Waals surface area contributed by atoms with Crippen LogP contribution < -0.4 is 11.5 Å². The molecule has 0 amide bonds. The Morgan fingerprint density at radius 3 is 1.62 bits per heavy atom. The Morgan fingerprint density at radius 2 is 1.38 bits per heavy atom. The van der Waals surface area contributed by atoms with Crippen LogP contribution in [0.4, 0.5) is 0 Å². The van der Waals surface area contributed by atoms with Crippen molar-refractivity contribution in [3.8, 4) is 0 Å². The summed E-state index contributed by atoms with van der Waals surface area (Å²) in [6.45, 7) is 17.1. The average molecular weight is 230 g/mol. The molecule has 0 aliphatic carbocycles. The fraction of sp³-hybridized carbons (Fsp3) is 1.00. The maximum atomic E-state index is 6.06. The predicted octanol–water partition coefficient (Wildman–Crippen LogP) is 3.54. The quantitative estimate of drug-likeness (QED) is 0.759. The van der Waals surface area contributed by atoms with Gasteiger partial charge in [-0.3, -0.25) is 0 Å². The number of hydrogen-bond acceptors (Lipinski definition) is 2. The Morgan fingerprint density at radius 1 is 1.00 bits per heavy atom. The van der Waals surface area contributed by atoms with Gasteiger partial charge in [-0.15, -0.1) is 0 Å². The summed E-state index contributed by atoms with van der Waals surface area (Å²) in [7, 11) is 0. The van der Waals surface area contributed by atoms with Crippen LogP contribution in [0, 0.1) is 11.3 Å². The van der Waals surface area contributed by atoms with Crippen molar-refractivity contribution in [3.05, 3.63) is 0 Å². The maximum absolute atomic E-state index is 6.06. The smallest absolute Gasteiger partial charge is 0.0102 e. The van der Waals surface area contributed by atoms with Gasteiger partial charge < -0.3 is 11.5 Å². The first-order chi connectivity index (χ1) is 7.04. The summed E-state index contributed by atoms with van der Waals surface area (Å²) >= 11 is 0. The standard InChI is InChI=1S/C12H28N2.C2H6/c1-9(7-10(2)13)11(3,4)8-12(5,6)14;1-2/h9-10H,7-8,13-14H2,1-6H3;1-2H3. The summed E-state index contributed by atoms with van der Waals surface area (Å²) in [5, 5.41) is 0. The van der Waals surface area contributed by atoms with Crippen LogP contribution in [0.25, 0.3) is 0 Å². The van der Waals surface area contributed by atoms with E-state index in [1.54, 1.807) is 0 Å². The fourth-order valence-electron chi connectivity index (χ4n) is 2.23. The largest absolute Gasteiger partial charge is 0.328 e. The summed E-state index contributed by atoms with van der Waals surface area (Å²) in [6, 6.07) is 0.283. The zero-order valence-electron chi connectivity index (χ0n) is 12.7. The molecule has 0 rings (SSSR count). The Bertz CT molecular complexity index is 166. The molecule has 0 aliphatic heterocycles. The van der Waals surface area contributed by atoms with Crippen molar-refractivity contribution in [2.24, 2.45) is 22.8 Å². The normalized spacial score (nSPS) is 16.1. The van der Waals surface area contributed by atoms with Gasteiger partial charge in [0.15, 0.2) is 0 Å². The molecule has 100 valence electrons. The fourth-order valence-corrected chi connectivity index (χ4v) is 2.23. The molecule has 16 heavy (non-hydrogen) atoms. The highest BCUT2D eigenvalue weighted by atomic mass is 14.7. The van der Waals surface area contributed by atoms with Crippen molar-refractivity contribution in [3.63, 3.8) is 0 Å². The van der Waals surface area contributed by atoms with Crippen molar-refractivity contribution in [2.75, 3.05) is 0 Å². The van der Waals surface area contributed by atoms with E-state index in [0.717, 1.165) is 12.8 Å². The van der Waals surface area contributed by atoms with E-state index in [0.29, 0.717) is 5.92 Å². The lowest BCUT2D eigenvalue weighted by Gasteiger charge is -2.38. The first kappa shape index (κ1) is 18.3. The lowest BCUT2D eigenvalue weighted by Crippen LogP contribution is -2.40. The molecule has 0 spiro atoms. The van der Waals surface area contributed by atoms with Gasteiger partial charge in [0, 0.05) is 11.6 Å². The number of nitrogens with two attached hydrogens (primary N) is 2. The van der Waals surface area contributed by atoms with E-state index in [4.69, 9.17) is 11.5 Å². The lowest BCUT2D eigenvalue weighted by atomic mass is 9.70. The van der Waals surface area contributed by atoms with E-state index in [1.165, 1.54) is 0 Å². The molecular weight excluding hydrogens is 196 g/mol. The summed E-state index contributed by atoms with van der Waals surface area (Å²) in [5.41, 5.74) is 12.1. The van der Waals surface area contributed by atoms with Crippen LogP contribution in [0.3, 0.4) is 0 Å². The van der Waals surface area contributed by atoms with E-state index in [9.17, 15) is 0 Å². The van der Waals surface area contributed by atoms with Crippen molar-refractivity contribution in [1.82, 2.24) is 0 Å². The van der Waals surface area contributed by atoms with Crippen LogP contribution in [-0.4, -0.2) is 11.6 Å². The molecule has 0 aromatic heterocycles. The molecule has 2 heteroatoms. The zero-order chi connectivity index (χ0) is 13.6. The number of rotatable bonds is 5. The summed E-state index contributed by atoms with van der Waals surface area (Å²) in [4.78, 5) is 0. The van der Waals surface area contributed by atoms with Gasteiger partial charge in [0.1, 0.15) is 0 Å². The molecule has 0 aromatic carbocycles. The highest BCUT2D eigenvalue weighted by Gasteiger charge is 2.31. The molecule has 0 saturated heterocycles. The van der Waals surface area contributed by atoms with Crippen molar-refractivity contribution in [1.29, 1.82) is 0 Å². The van der Waals surface area contributed by atoms with Gasteiger partial charge in [0.05, 0.1) is 0 Å². The summed E-state index contributed by atoms with van der Waals surface area (Å²) < 4.78 is 0. The van der Waals surface area contributed by atoms with Gasteiger partial charge in [0.25, 0.3) is 0 Å². The molecule has 4 N–H and O–H groups in total. The minimum absolute atomic E-state index is 0.0877. The van der Waals surface area contributed by atoms with E-state index in [2.05, 4.69) is 41.5 Å². The second-order valence-electron chi connectivity index (χ2n) is 6.27. The Balaban J connectivity index is 0. The molecule has 2 nitrogen and oxygen atoms in total. The molecule has 2 atom stereocenters. The van der Waals surface area contributed by atoms with Gasteiger partial charge in [-0.2, -0.15) is 0 Å². The van der Waals surface area contributed by atoms with Crippen LogP contribution in [0.5, 0.6) is 0 Å². The molecule has 0 heterocycles. The highest BCUT2D eigenvalue weighted by molar-refractivity contribution is 4.86. The highest BCUT2D eigenvalue weighted by Crippen LogP contribution is 2.36. The Kier molecular flexibility index (Phi) is 8.33. The minimum atomic E-state index is -0.0877. The third-order valence-corrected chi connectivity index (χ3v) is 2.97. The van der Waals surface area contributed by atoms with Crippen LogP contribution in [-0.2, 0) is 0 Å². The Labute approximate surface area is 103 Å². The van der Waals surface area contributed by atoms with Crippen LogP contribution in [0.2, 0.25) is 0 Å². The molecular formula is C14H34N2. The molecule has 0 radical (unpaired) electrons. The minimum Gasteiger partial charge on any atom is -0.328 e. The van der Waals surface area contributed by atoms with E-state index >= 15 is 0 Å². The third kappa shape index (κ3) is 9.17. The second-order valence-corrected chi connectivity index (χ2v) is 6.27. The molecule has 0 aromatic rings. The molecule has 0 saturated carbocycles. The lowest BCUT2D eigenvalue weighted by molar-refractivity contribution is 0.156. The molecule has 0 fully saturated rings. The van der Waals surface area contributed by atoms with Crippen molar-refractivity contribution >= 4 is 0 Å². The molecule has 2 unspecified atom stereocenters. The predicted molar refractivity (Wildman–Crippen MR) is 75.4 cm³/mol. The van der Waals surface area contributed by atoms with Gasteiger partial charge in [-0.1, -0.05) is 34.6 Å². The van der Waals surface area contributed by atoms with Crippen molar-refractivity contribution < 1.29 is 0 Å². The summed E-state index contributed by atoms with van der Waals surface area (Å²) in [5.74, 6) is 0.616.